The van der Waals surface area contributed by atoms with E-state index in [1.165, 1.54) is 0 Å². The van der Waals surface area contributed by atoms with Gasteiger partial charge in [-0.1, -0.05) is 41.7 Å². The molecule has 0 aliphatic rings. The molecule has 0 unspecified atom stereocenters. The summed E-state index contributed by atoms with van der Waals surface area (Å²) in [6, 6.07) is 6.67. The van der Waals surface area contributed by atoms with E-state index in [0.717, 1.165) is 13.1 Å². The van der Waals surface area contributed by atoms with Crippen molar-refractivity contribution in [1.82, 2.24) is 15.6 Å². The van der Waals surface area contributed by atoms with E-state index >= 15 is 0 Å². The Kier molecular flexibility index (Phi) is 9.28. The number of nitrogens with one attached hydrogen (secondary N) is 3. The van der Waals surface area contributed by atoms with E-state index in [1.807, 2.05) is 6.92 Å². The van der Waals surface area contributed by atoms with Crippen molar-refractivity contribution in [2.45, 2.75) is 6.92 Å². The fraction of sp³-hybridized carbons (Fsp3) is 0.368. The quantitative estimate of drug-likeness (QED) is 0.379. The highest BCUT2D eigenvalue weighted by molar-refractivity contribution is 6.45. The van der Waals surface area contributed by atoms with Crippen LogP contribution >= 0.6 is 34.8 Å². The minimum atomic E-state index is -0.285. The molecule has 0 aliphatic heterocycles. The number of amides is 1. The van der Waals surface area contributed by atoms with Crippen LogP contribution in [0.15, 0.2) is 24.3 Å². The largest absolute Gasteiger partial charge is 0.378 e. The van der Waals surface area contributed by atoms with Gasteiger partial charge in [-0.15, -0.1) is 0 Å². The molecule has 28 heavy (non-hydrogen) atoms. The fourth-order valence-electron chi connectivity index (χ4n) is 2.48. The maximum atomic E-state index is 12.0. The lowest BCUT2D eigenvalue weighted by molar-refractivity contribution is 0.0958. The Morgan fingerprint density at radius 1 is 1.11 bits per heavy atom. The lowest BCUT2D eigenvalue weighted by Gasteiger charge is -2.15. The Morgan fingerprint density at radius 2 is 1.86 bits per heavy atom. The van der Waals surface area contributed by atoms with E-state index in [9.17, 15) is 4.79 Å². The van der Waals surface area contributed by atoms with Gasteiger partial charge in [-0.2, -0.15) is 0 Å². The van der Waals surface area contributed by atoms with Gasteiger partial charge in [0, 0.05) is 36.3 Å². The second-order valence-corrected chi connectivity index (χ2v) is 7.04. The molecule has 0 aliphatic carbocycles. The van der Waals surface area contributed by atoms with E-state index in [1.54, 1.807) is 31.3 Å². The van der Waals surface area contributed by atoms with Crippen LogP contribution in [0.2, 0.25) is 15.1 Å². The Morgan fingerprint density at radius 3 is 2.57 bits per heavy atom. The van der Waals surface area contributed by atoms with Crippen LogP contribution in [0.25, 0.3) is 11.1 Å². The van der Waals surface area contributed by atoms with Gasteiger partial charge in [-0.3, -0.25) is 4.79 Å². The number of pyridine rings is 1. The van der Waals surface area contributed by atoms with Crippen molar-refractivity contribution < 1.29 is 9.53 Å². The van der Waals surface area contributed by atoms with E-state index < -0.39 is 0 Å². The number of aromatic nitrogens is 1. The zero-order chi connectivity index (χ0) is 20.5. The molecule has 3 N–H and O–H groups in total. The molecule has 2 rings (SSSR count). The van der Waals surface area contributed by atoms with Gasteiger partial charge in [0.15, 0.2) is 0 Å². The molecule has 1 aromatic carbocycles. The second kappa shape index (κ2) is 11.4. The fourth-order valence-corrected chi connectivity index (χ4v) is 3.19. The predicted molar refractivity (Wildman–Crippen MR) is 116 cm³/mol. The Bertz CT molecular complexity index is 818. The van der Waals surface area contributed by atoms with Gasteiger partial charge in [-0.05, 0) is 30.8 Å². The topological polar surface area (TPSA) is 75.3 Å². The average Bonchev–Trinajstić information content (AvgIpc) is 2.69. The number of anilines is 1. The van der Waals surface area contributed by atoms with Gasteiger partial charge < -0.3 is 20.7 Å². The third kappa shape index (κ3) is 6.22. The predicted octanol–water partition coefficient (Wildman–Crippen LogP) is 4.11. The third-order valence-electron chi connectivity index (χ3n) is 3.85. The molecule has 2 aromatic rings. The van der Waals surface area contributed by atoms with Gasteiger partial charge in [0.2, 0.25) is 0 Å². The van der Waals surface area contributed by atoms with Crippen LogP contribution in [0.1, 0.15) is 17.4 Å². The standard InChI is InChI=1S/C19H23Cl3N4O2/c1-3-24-6-8-28-9-7-25-18-13(4-5-16(26-18)19(27)23-2)14-10-12(20)11-15(21)17(14)22/h4-5,10-11,24H,3,6-9H2,1-2H3,(H,23,27)(H,25,26). The third-order valence-corrected chi connectivity index (χ3v) is 4.87. The summed E-state index contributed by atoms with van der Waals surface area (Å²) in [4.78, 5) is 16.4. The maximum Gasteiger partial charge on any atom is 0.269 e. The lowest BCUT2D eigenvalue weighted by Crippen LogP contribution is -2.22. The molecule has 0 radical (unpaired) electrons. The first-order chi connectivity index (χ1) is 13.5. The molecule has 152 valence electrons. The minimum Gasteiger partial charge on any atom is -0.378 e. The Labute approximate surface area is 179 Å². The first-order valence-electron chi connectivity index (χ1n) is 8.88. The number of hydrogen-bond donors (Lipinski definition) is 3. The van der Waals surface area contributed by atoms with E-state index in [0.29, 0.717) is 51.8 Å². The molecule has 1 amide bonds. The van der Waals surface area contributed by atoms with Gasteiger partial charge >= 0.3 is 0 Å². The number of ether oxygens (including phenoxy) is 1. The number of hydrogen-bond acceptors (Lipinski definition) is 5. The van der Waals surface area contributed by atoms with Crippen molar-refractivity contribution in [1.29, 1.82) is 0 Å². The van der Waals surface area contributed by atoms with Crippen LogP contribution < -0.4 is 16.0 Å². The summed E-state index contributed by atoms with van der Waals surface area (Å²) in [6.45, 7) is 5.36. The summed E-state index contributed by atoms with van der Waals surface area (Å²) in [5, 5.41) is 10.1. The number of carbonyl (C=O) groups excluding carboxylic acids is 1. The highest BCUT2D eigenvalue weighted by Crippen LogP contribution is 2.39. The van der Waals surface area contributed by atoms with Crippen molar-refractivity contribution in [3.05, 3.63) is 45.0 Å². The smallest absolute Gasteiger partial charge is 0.269 e. The van der Waals surface area contributed by atoms with Crippen molar-refractivity contribution in [3.63, 3.8) is 0 Å². The number of nitrogens with zero attached hydrogens (tertiary/aromatic N) is 1. The number of carbonyl (C=O) groups is 1. The highest BCUT2D eigenvalue weighted by Gasteiger charge is 2.16. The normalized spacial score (nSPS) is 10.8. The number of likely N-dealkylation sites (N-methyl/N-ethyl adjacent to an activating group) is 1. The van der Waals surface area contributed by atoms with Crippen LogP contribution in [0.3, 0.4) is 0 Å². The second-order valence-electron chi connectivity index (χ2n) is 5.81. The highest BCUT2D eigenvalue weighted by atomic mass is 35.5. The molecule has 0 saturated carbocycles. The molecule has 0 bridgehead atoms. The van der Waals surface area contributed by atoms with Crippen molar-refractivity contribution in [2.24, 2.45) is 0 Å². The zero-order valence-electron chi connectivity index (χ0n) is 15.7. The molecule has 0 saturated heterocycles. The first-order valence-corrected chi connectivity index (χ1v) is 10.0. The summed E-state index contributed by atoms with van der Waals surface area (Å²) in [5.74, 6) is 0.211. The van der Waals surface area contributed by atoms with Gasteiger partial charge in [-0.25, -0.2) is 4.98 Å². The van der Waals surface area contributed by atoms with Crippen LogP contribution in [0.5, 0.6) is 0 Å². The number of halogens is 3. The van der Waals surface area contributed by atoms with Crippen molar-refractivity contribution >= 4 is 46.5 Å². The van der Waals surface area contributed by atoms with Crippen molar-refractivity contribution in [3.8, 4) is 11.1 Å². The Hall–Kier alpha value is -1.57. The maximum absolute atomic E-state index is 12.0. The van der Waals surface area contributed by atoms with Crippen LogP contribution in [-0.2, 0) is 4.74 Å². The molecular formula is C19H23Cl3N4O2. The SMILES string of the molecule is CCNCCOCCNc1nc(C(=O)NC)ccc1-c1cc(Cl)cc(Cl)c1Cl. The molecule has 1 aromatic heterocycles. The first kappa shape index (κ1) is 22.7. The van der Waals surface area contributed by atoms with E-state index in [4.69, 9.17) is 39.5 Å². The van der Waals surface area contributed by atoms with Gasteiger partial charge in [0.1, 0.15) is 11.5 Å². The Balaban J connectivity index is 2.24. The monoisotopic (exact) mass is 444 g/mol. The average molecular weight is 446 g/mol. The zero-order valence-corrected chi connectivity index (χ0v) is 18.0. The molecule has 1 heterocycles. The molecule has 0 atom stereocenters. The number of benzene rings is 1. The summed E-state index contributed by atoms with van der Waals surface area (Å²) in [7, 11) is 1.55. The lowest BCUT2D eigenvalue weighted by atomic mass is 10.1. The summed E-state index contributed by atoms with van der Waals surface area (Å²) < 4.78 is 5.56. The summed E-state index contributed by atoms with van der Waals surface area (Å²) in [5.41, 5.74) is 1.60. The molecule has 6 nitrogen and oxygen atoms in total. The van der Waals surface area contributed by atoms with Crippen LogP contribution in [0, 0.1) is 0 Å². The number of rotatable bonds is 10. The molecule has 9 heteroatoms. The molecular weight excluding hydrogens is 423 g/mol. The van der Waals surface area contributed by atoms with E-state index in [2.05, 4.69) is 20.9 Å². The van der Waals surface area contributed by atoms with Gasteiger partial charge in [0.05, 0.1) is 23.3 Å². The van der Waals surface area contributed by atoms with Gasteiger partial charge in [0.25, 0.3) is 5.91 Å². The van der Waals surface area contributed by atoms with Crippen LogP contribution in [0.4, 0.5) is 5.82 Å². The van der Waals surface area contributed by atoms with E-state index in [-0.39, 0.29) is 11.6 Å². The van der Waals surface area contributed by atoms with Crippen molar-refractivity contribution in [2.75, 3.05) is 45.2 Å². The molecule has 0 fully saturated rings. The summed E-state index contributed by atoms with van der Waals surface area (Å²) in [6.07, 6.45) is 0. The molecule has 0 spiro atoms. The summed E-state index contributed by atoms with van der Waals surface area (Å²) >= 11 is 18.7. The van der Waals surface area contributed by atoms with Crippen LogP contribution in [-0.4, -0.2) is 50.8 Å². The minimum absolute atomic E-state index is 0.283.